The van der Waals surface area contributed by atoms with Crippen molar-refractivity contribution in [1.29, 1.82) is 0 Å². The Morgan fingerprint density at radius 1 is 1.05 bits per heavy atom. The highest BCUT2D eigenvalue weighted by atomic mass is 35.5. The molecule has 0 spiro atoms. The molecule has 2 aliphatic rings. The van der Waals surface area contributed by atoms with Crippen molar-refractivity contribution in [2.24, 2.45) is 0 Å². The number of carbonyl (C=O) groups excluding carboxylic acids is 2. The van der Waals surface area contributed by atoms with E-state index in [1.807, 2.05) is 0 Å². The van der Waals surface area contributed by atoms with Crippen molar-refractivity contribution < 1.29 is 19.1 Å². The molecule has 0 bridgehead atoms. The molecule has 1 aliphatic carbocycles. The summed E-state index contributed by atoms with van der Waals surface area (Å²) >= 11 is 5.16. The van der Waals surface area contributed by atoms with E-state index < -0.39 is 5.31 Å². The lowest BCUT2D eigenvalue weighted by atomic mass is 9.93. The number of hydrogen-bond donors (Lipinski definition) is 1. The SMILES string of the molecule is O=C1C2=C(CCCC2)C(=O)N1c1ccc(C(O)(F)Cl)cc1. The van der Waals surface area contributed by atoms with Crippen LogP contribution >= 0.6 is 11.6 Å². The van der Waals surface area contributed by atoms with E-state index in [1.54, 1.807) is 0 Å². The Bertz CT molecular complexity index is 618. The highest BCUT2D eigenvalue weighted by Gasteiger charge is 2.39. The molecule has 2 amide bonds. The van der Waals surface area contributed by atoms with Crippen LogP contribution in [0.3, 0.4) is 0 Å². The van der Waals surface area contributed by atoms with Gasteiger partial charge in [0.15, 0.2) is 0 Å². The molecule has 1 unspecified atom stereocenters. The number of halogens is 2. The van der Waals surface area contributed by atoms with Crippen molar-refractivity contribution in [2.75, 3.05) is 4.90 Å². The first-order valence-corrected chi connectivity index (χ1v) is 7.09. The van der Waals surface area contributed by atoms with Crippen LogP contribution in [0.25, 0.3) is 0 Å². The highest BCUT2D eigenvalue weighted by molar-refractivity contribution is 6.33. The van der Waals surface area contributed by atoms with Gasteiger partial charge in [-0.25, -0.2) is 4.90 Å². The van der Waals surface area contributed by atoms with Crippen LogP contribution in [-0.2, 0) is 14.9 Å². The fourth-order valence-electron chi connectivity index (χ4n) is 2.79. The Kier molecular flexibility index (Phi) is 3.34. The number of carbonyl (C=O) groups is 2. The summed E-state index contributed by atoms with van der Waals surface area (Å²) in [4.78, 5) is 25.8. The lowest BCUT2D eigenvalue weighted by Gasteiger charge is -2.17. The summed E-state index contributed by atoms with van der Waals surface area (Å²) in [5.74, 6) is -0.604. The van der Waals surface area contributed by atoms with Crippen LogP contribution in [0, 0.1) is 0 Å². The molecular weight excluding hydrogens is 297 g/mol. The fourth-order valence-corrected chi connectivity index (χ4v) is 2.91. The second-order valence-corrected chi connectivity index (χ2v) is 5.70. The molecule has 0 saturated carbocycles. The molecule has 3 rings (SSSR count). The zero-order chi connectivity index (χ0) is 15.2. The Balaban J connectivity index is 1.92. The maximum atomic E-state index is 13.2. The van der Waals surface area contributed by atoms with Crippen molar-refractivity contribution in [3.05, 3.63) is 41.0 Å². The maximum absolute atomic E-state index is 13.2. The van der Waals surface area contributed by atoms with Crippen molar-refractivity contribution in [3.8, 4) is 0 Å². The topological polar surface area (TPSA) is 57.6 Å². The first kappa shape index (κ1) is 14.2. The quantitative estimate of drug-likeness (QED) is 0.675. The largest absolute Gasteiger partial charge is 0.346 e. The molecule has 110 valence electrons. The van der Waals surface area contributed by atoms with Gasteiger partial charge in [0.1, 0.15) is 0 Å². The van der Waals surface area contributed by atoms with E-state index in [4.69, 9.17) is 16.7 Å². The van der Waals surface area contributed by atoms with Gasteiger partial charge in [0.2, 0.25) is 0 Å². The second-order valence-electron chi connectivity index (χ2n) is 5.20. The van der Waals surface area contributed by atoms with Crippen LogP contribution in [0.4, 0.5) is 10.1 Å². The first-order chi connectivity index (χ1) is 9.89. The molecule has 21 heavy (non-hydrogen) atoms. The lowest BCUT2D eigenvalue weighted by Crippen LogP contribution is -2.31. The number of benzene rings is 1. The molecule has 1 heterocycles. The molecule has 1 aromatic rings. The van der Waals surface area contributed by atoms with E-state index in [-0.39, 0.29) is 17.4 Å². The summed E-state index contributed by atoms with van der Waals surface area (Å²) in [5, 5.41) is 6.10. The van der Waals surface area contributed by atoms with Gasteiger partial charge in [-0.15, -0.1) is 0 Å². The second kappa shape index (κ2) is 4.93. The van der Waals surface area contributed by atoms with Gasteiger partial charge in [-0.1, -0.05) is 0 Å². The number of amides is 2. The molecule has 0 saturated heterocycles. The van der Waals surface area contributed by atoms with Gasteiger partial charge in [-0.3, -0.25) is 9.59 Å². The van der Waals surface area contributed by atoms with E-state index in [0.717, 1.165) is 17.7 Å². The molecule has 1 aliphatic heterocycles. The fraction of sp³-hybridized carbons (Fsp3) is 0.333. The van der Waals surface area contributed by atoms with Gasteiger partial charge in [-0.2, -0.15) is 4.39 Å². The van der Waals surface area contributed by atoms with Crippen LogP contribution in [-0.4, -0.2) is 16.9 Å². The minimum atomic E-state index is -2.96. The van der Waals surface area contributed by atoms with Crippen molar-refractivity contribution >= 4 is 29.1 Å². The number of alkyl halides is 2. The summed E-state index contributed by atoms with van der Waals surface area (Å²) < 4.78 is 13.2. The minimum absolute atomic E-state index is 0.148. The zero-order valence-corrected chi connectivity index (χ0v) is 11.9. The molecule has 0 fully saturated rings. The molecule has 0 radical (unpaired) electrons. The normalized spacial score (nSPS) is 21.6. The lowest BCUT2D eigenvalue weighted by molar-refractivity contribution is -0.120. The third-order valence-electron chi connectivity index (χ3n) is 3.86. The van der Waals surface area contributed by atoms with E-state index in [1.165, 1.54) is 24.3 Å². The van der Waals surface area contributed by atoms with Crippen LogP contribution in [0.5, 0.6) is 0 Å². The summed E-state index contributed by atoms with van der Waals surface area (Å²) in [6.45, 7) is 0. The highest BCUT2D eigenvalue weighted by Crippen LogP contribution is 2.36. The van der Waals surface area contributed by atoms with Crippen LogP contribution in [0.2, 0.25) is 0 Å². The third-order valence-corrected chi connectivity index (χ3v) is 4.08. The predicted octanol–water partition coefficient (Wildman–Crippen LogP) is 2.74. The number of aliphatic hydroxyl groups is 1. The third kappa shape index (κ3) is 2.36. The van der Waals surface area contributed by atoms with Crippen LogP contribution in [0.15, 0.2) is 35.4 Å². The maximum Gasteiger partial charge on any atom is 0.310 e. The van der Waals surface area contributed by atoms with E-state index in [2.05, 4.69) is 0 Å². The van der Waals surface area contributed by atoms with Gasteiger partial charge < -0.3 is 5.11 Å². The monoisotopic (exact) mass is 309 g/mol. The Morgan fingerprint density at radius 2 is 1.52 bits per heavy atom. The van der Waals surface area contributed by atoms with E-state index in [0.29, 0.717) is 29.7 Å². The summed E-state index contributed by atoms with van der Waals surface area (Å²) in [7, 11) is 0. The first-order valence-electron chi connectivity index (χ1n) is 6.71. The molecule has 0 aromatic heterocycles. The number of imide groups is 1. The molecule has 6 heteroatoms. The minimum Gasteiger partial charge on any atom is -0.346 e. The van der Waals surface area contributed by atoms with Crippen molar-refractivity contribution in [1.82, 2.24) is 0 Å². The van der Waals surface area contributed by atoms with Crippen LogP contribution in [0.1, 0.15) is 31.2 Å². The molecular formula is C15H13ClFNO3. The Morgan fingerprint density at radius 3 is 1.95 bits per heavy atom. The molecule has 1 aromatic carbocycles. The van der Waals surface area contributed by atoms with E-state index in [9.17, 15) is 14.0 Å². The van der Waals surface area contributed by atoms with Gasteiger partial charge in [0.25, 0.3) is 11.8 Å². The summed E-state index contributed by atoms with van der Waals surface area (Å²) in [6, 6.07) is 5.30. The Labute approximate surface area is 125 Å². The molecule has 1 N–H and O–H groups in total. The Hall–Kier alpha value is -1.72. The standard InChI is InChI=1S/C15H13ClFNO3/c16-15(17,21)9-5-7-10(8-6-9)18-13(19)11-3-1-2-4-12(11)14(18)20/h5-8,21H,1-4H2. The number of nitrogens with zero attached hydrogens (tertiary/aromatic N) is 1. The van der Waals surface area contributed by atoms with Crippen molar-refractivity contribution in [3.63, 3.8) is 0 Å². The number of hydrogen-bond acceptors (Lipinski definition) is 3. The van der Waals surface area contributed by atoms with Gasteiger partial charge >= 0.3 is 5.31 Å². The smallest absolute Gasteiger partial charge is 0.310 e. The van der Waals surface area contributed by atoms with E-state index >= 15 is 0 Å². The van der Waals surface area contributed by atoms with Crippen LogP contribution < -0.4 is 4.90 Å². The zero-order valence-electron chi connectivity index (χ0n) is 11.1. The van der Waals surface area contributed by atoms with Gasteiger partial charge in [0.05, 0.1) is 5.69 Å². The van der Waals surface area contributed by atoms with Gasteiger partial charge in [0, 0.05) is 16.7 Å². The average molecular weight is 310 g/mol. The number of rotatable bonds is 2. The summed E-state index contributed by atoms with van der Waals surface area (Å²) in [5.41, 5.74) is 1.39. The molecule has 1 atom stereocenters. The molecule has 4 nitrogen and oxygen atoms in total. The van der Waals surface area contributed by atoms with Gasteiger partial charge in [-0.05, 0) is 61.5 Å². The number of anilines is 1. The summed E-state index contributed by atoms with van der Waals surface area (Å²) in [6.07, 6.45) is 3.07. The average Bonchev–Trinajstić information content (AvgIpc) is 2.71. The predicted molar refractivity (Wildman–Crippen MR) is 75.3 cm³/mol. The van der Waals surface area contributed by atoms with Crippen molar-refractivity contribution in [2.45, 2.75) is 31.0 Å².